The molecule has 0 atom stereocenters. The summed E-state index contributed by atoms with van der Waals surface area (Å²) in [6.07, 6.45) is -0.373. The summed E-state index contributed by atoms with van der Waals surface area (Å²) in [5.74, 6) is -2.56. The van der Waals surface area contributed by atoms with Crippen LogP contribution in [0.1, 0.15) is 15.9 Å². The number of hydrogen-bond acceptors (Lipinski definition) is 3. The molecule has 5 nitrogen and oxygen atoms in total. The molecule has 1 aromatic carbocycles. The van der Waals surface area contributed by atoms with E-state index < -0.39 is 11.9 Å². The first-order valence-electron chi connectivity index (χ1n) is 3.77. The molecule has 0 heterocycles. The van der Waals surface area contributed by atoms with E-state index in [4.69, 9.17) is 15.3 Å². The molecule has 0 aromatic heterocycles. The van der Waals surface area contributed by atoms with Crippen molar-refractivity contribution in [3.63, 3.8) is 0 Å². The van der Waals surface area contributed by atoms with Gasteiger partial charge < -0.3 is 15.3 Å². The molecule has 0 bridgehead atoms. The van der Waals surface area contributed by atoms with Gasteiger partial charge in [0.2, 0.25) is 0 Å². The maximum atomic E-state index is 10.7. The number of aromatic hydroxyl groups is 1. The lowest BCUT2D eigenvalue weighted by molar-refractivity contribution is -0.136. The summed E-state index contributed by atoms with van der Waals surface area (Å²) in [6, 6.07) is 3.57. The van der Waals surface area contributed by atoms with E-state index in [1.165, 1.54) is 12.1 Å². The number of aliphatic carboxylic acids is 1. The summed E-state index contributed by atoms with van der Waals surface area (Å²) in [5.41, 5.74) is -0.0183. The highest BCUT2D eigenvalue weighted by atomic mass is 16.4. The second-order valence-corrected chi connectivity index (χ2v) is 2.72. The van der Waals surface area contributed by atoms with Gasteiger partial charge in [0.25, 0.3) is 0 Å². The van der Waals surface area contributed by atoms with Crippen LogP contribution in [-0.4, -0.2) is 27.3 Å². The Kier molecular flexibility index (Phi) is 2.71. The van der Waals surface area contributed by atoms with Gasteiger partial charge in [-0.05, 0) is 17.7 Å². The number of carbonyl (C=O) groups is 2. The predicted octanol–water partition coefficient (Wildman–Crippen LogP) is 0.718. The Bertz CT molecular complexity index is 383. The van der Waals surface area contributed by atoms with Crippen molar-refractivity contribution in [3.05, 3.63) is 29.3 Å². The monoisotopic (exact) mass is 196 g/mol. The number of rotatable bonds is 3. The molecular formula is C9H8O5. The number of phenolic OH excluding ortho intramolecular Hbond substituents is 1. The summed E-state index contributed by atoms with van der Waals surface area (Å²) in [4.78, 5) is 21.0. The minimum absolute atomic E-state index is 0.169. The third-order valence-corrected chi connectivity index (χ3v) is 1.67. The number of carboxylic acid groups (broad SMARTS) is 2. The summed E-state index contributed by atoms with van der Waals surface area (Å²) >= 11 is 0. The zero-order chi connectivity index (χ0) is 10.7. The van der Waals surface area contributed by atoms with Crippen LogP contribution in [0.2, 0.25) is 0 Å². The molecule has 1 rings (SSSR count). The van der Waals surface area contributed by atoms with Gasteiger partial charge in [-0.1, -0.05) is 6.07 Å². The molecule has 3 N–H and O–H groups in total. The maximum absolute atomic E-state index is 10.7. The zero-order valence-electron chi connectivity index (χ0n) is 7.10. The molecule has 1 aromatic rings. The van der Waals surface area contributed by atoms with Crippen LogP contribution in [0, 0.1) is 0 Å². The Morgan fingerprint density at radius 3 is 2.36 bits per heavy atom. The quantitative estimate of drug-likeness (QED) is 0.662. The van der Waals surface area contributed by atoms with E-state index in [0.717, 1.165) is 6.07 Å². The highest BCUT2D eigenvalue weighted by Crippen LogP contribution is 2.17. The lowest BCUT2D eigenvalue weighted by Crippen LogP contribution is -2.07. The number of hydrogen-bond donors (Lipinski definition) is 3. The minimum Gasteiger partial charge on any atom is -0.508 e. The standard InChI is InChI=1S/C9H8O5/c10-6-2-1-5(3-8(11)12)7(4-6)9(13)14/h1-2,4,10H,3H2,(H,11,12)(H,13,14). The van der Waals surface area contributed by atoms with Gasteiger partial charge in [-0.3, -0.25) is 4.79 Å². The lowest BCUT2D eigenvalue weighted by atomic mass is 10.0. The minimum atomic E-state index is -1.25. The SMILES string of the molecule is O=C(O)Cc1ccc(O)cc1C(=O)O. The van der Waals surface area contributed by atoms with Crippen LogP contribution in [0.5, 0.6) is 5.75 Å². The van der Waals surface area contributed by atoms with Gasteiger partial charge in [0, 0.05) is 0 Å². The van der Waals surface area contributed by atoms with E-state index in [1.807, 2.05) is 0 Å². The van der Waals surface area contributed by atoms with Crippen molar-refractivity contribution in [2.75, 3.05) is 0 Å². The van der Waals surface area contributed by atoms with Crippen LogP contribution in [0.15, 0.2) is 18.2 Å². The van der Waals surface area contributed by atoms with Crippen LogP contribution < -0.4 is 0 Å². The van der Waals surface area contributed by atoms with E-state index in [9.17, 15) is 9.59 Å². The Morgan fingerprint density at radius 1 is 1.21 bits per heavy atom. The molecule has 14 heavy (non-hydrogen) atoms. The van der Waals surface area contributed by atoms with Crippen molar-refractivity contribution in [2.24, 2.45) is 0 Å². The second kappa shape index (κ2) is 3.78. The number of carboxylic acids is 2. The van der Waals surface area contributed by atoms with Crippen LogP contribution in [0.4, 0.5) is 0 Å². The van der Waals surface area contributed by atoms with Gasteiger partial charge in [-0.2, -0.15) is 0 Å². The summed E-state index contributed by atoms with van der Waals surface area (Å²) in [5, 5.41) is 26.2. The highest BCUT2D eigenvalue weighted by Gasteiger charge is 2.13. The normalized spacial score (nSPS) is 9.71. The van der Waals surface area contributed by atoms with E-state index in [1.54, 1.807) is 0 Å². The molecule has 0 unspecified atom stereocenters. The van der Waals surface area contributed by atoms with Crippen molar-refractivity contribution >= 4 is 11.9 Å². The van der Waals surface area contributed by atoms with Crippen molar-refractivity contribution < 1.29 is 24.9 Å². The molecule has 5 heteroatoms. The van der Waals surface area contributed by atoms with E-state index >= 15 is 0 Å². The van der Waals surface area contributed by atoms with Gasteiger partial charge in [0.05, 0.1) is 12.0 Å². The Morgan fingerprint density at radius 2 is 1.86 bits per heavy atom. The number of benzene rings is 1. The van der Waals surface area contributed by atoms with Crippen LogP contribution in [-0.2, 0) is 11.2 Å². The molecular weight excluding hydrogens is 188 g/mol. The average Bonchev–Trinajstić information content (AvgIpc) is 2.07. The summed E-state index contributed by atoms with van der Waals surface area (Å²) < 4.78 is 0. The van der Waals surface area contributed by atoms with Gasteiger partial charge in [-0.25, -0.2) is 4.79 Å². The Hall–Kier alpha value is -2.04. The smallest absolute Gasteiger partial charge is 0.336 e. The van der Waals surface area contributed by atoms with E-state index in [0.29, 0.717) is 0 Å². The lowest BCUT2D eigenvalue weighted by Gasteiger charge is -2.03. The number of phenols is 1. The fraction of sp³-hybridized carbons (Fsp3) is 0.111. The molecule has 0 saturated carbocycles. The summed E-state index contributed by atoms with van der Waals surface area (Å²) in [6.45, 7) is 0. The van der Waals surface area contributed by atoms with E-state index in [2.05, 4.69) is 0 Å². The molecule has 0 saturated heterocycles. The van der Waals surface area contributed by atoms with Gasteiger partial charge >= 0.3 is 11.9 Å². The molecule has 0 aliphatic carbocycles. The average molecular weight is 196 g/mol. The molecule has 0 aliphatic rings. The van der Waals surface area contributed by atoms with Crippen molar-refractivity contribution in [3.8, 4) is 5.75 Å². The van der Waals surface area contributed by atoms with Crippen molar-refractivity contribution in [1.82, 2.24) is 0 Å². The molecule has 0 spiro atoms. The third kappa shape index (κ3) is 2.22. The fourth-order valence-corrected chi connectivity index (χ4v) is 1.08. The van der Waals surface area contributed by atoms with Crippen LogP contribution in [0.25, 0.3) is 0 Å². The first kappa shape index (κ1) is 10.0. The largest absolute Gasteiger partial charge is 0.508 e. The first-order chi connectivity index (χ1) is 6.50. The number of aromatic carboxylic acids is 1. The van der Waals surface area contributed by atoms with E-state index in [-0.39, 0.29) is 23.3 Å². The molecule has 74 valence electrons. The van der Waals surface area contributed by atoms with Gasteiger partial charge in [-0.15, -0.1) is 0 Å². The zero-order valence-corrected chi connectivity index (χ0v) is 7.10. The van der Waals surface area contributed by atoms with Crippen LogP contribution >= 0.6 is 0 Å². The van der Waals surface area contributed by atoms with Crippen molar-refractivity contribution in [2.45, 2.75) is 6.42 Å². The Labute approximate surface area is 79.2 Å². The van der Waals surface area contributed by atoms with Crippen molar-refractivity contribution in [1.29, 1.82) is 0 Å². The summed E-state index contributed by atoms with van der Waals surface area (Å²) in [7, 11) is 0. The topological polar surface area (TPSA) is 94.8 Å². The first-order valence-corrected chi connectivity index (χ1v) is 3.77. The molecule has 0 fully saturated rings. The fourth-order valence-electron chi connectivity index (χ4n) is 1.08. The maximum Gasteiger partial charge on any atom is 0.336 e. The predicted molar refractivity (Wildman–Crippen MR) is 46.4 cm³/mol. The van der Waals surface area contributed by atoms with Crippen LogP contribution in [0.3, 0.4) is 0 Å². The molecule has 0 aliphatic heterocycles. The Balaban J connectivity index is 3.14. The third-order valence-electron chi connectivity index (χ3n) is 1.67. The molecule has 0 radical (unpaired) electrons. The second-order valence-electron chi connectivity index (χ2n) is 2.72. The molecule has 0 amide bonds. The van der Waals surface area contributed by atoms with Gasteiger partial charge in [0.15, 0.2) is 0 Å². The highest BCUT2D eigenvalue weighted by molar-refractivity contribution is 5.91. The van der Waals surface area contributed by atoms with Gasteiger partial charge in [0.1, 0.15) is 5.75 Å².